The van der Waals surface area contributed by atoms with Crippen molar-refractivity contribution in [2.24, 2.45) is 5.92 Å². The van der Waals surface area contributed by atoms with Gasteiger partial charge in [0.1, 0.15) is 0 Å². The lowest BCUT2D eigenvalue weighted by Gasteiger charge is -2.31. The van der Waals surface area contributed by atoms with Gasteiger partial charge in [-0.15, -0.1) is 0 Å². The Bertz CT molecular complexity index is 780. The predicted molar refractivity (Wildman–Crippen MR) is 102 cm³/mol. The molecule has 7 nitrogen and oxygen atoms in total. The number of carbonyl (C=O) groups is 2. The zero-order valence-corrected chi connectivity index (χ0v) is 15.9. The highest BCUT2D eigenvalue weighted by atomic mass is 35.5. The number of nitrogens with zero attached hydrogens (tertiary/aromatic N) is 3. The quantitative estimate of drug-likeness (QED) is 0.815. The minimum absolute atomic E-state index is 0.0382. The maximum absolute atomic E-state index is 12.5. The van der Waals surface area contributed by atoms with Crippen molar-refractivity contribution in [3.63, 3.8) is 0 Å². The van der Waals surface area contributed by atoms with Gasteiger partial charge in [-0.3, -0.25) is 14.9 Å². The maximum Gasteiger partial charge on any atom is 0.243 e. The molecule has 1 aromatic heterocycles. The zero-order chi connectivity index (χ0) is 18.5. The SMILES string of the molecule is CC(=O)Nc1nsc(N2CCCC(C(=O)NCc3ccc(Cl)cc3)C2)n1. The summed E-state index contributed by atoms with van der Waals surface area (Å²) in [7, 11) is 0. The molecule has 0 aliphatic carbocycles. The molecule has 1 fully saturated rings. The molecular formula is C17H20ClN5O2S. The topological polar surface area (TPSA) is 87.2 Å². The predicted octanol–water partition coefficient (Wildman–Crippen LogP) is 2.68. The first-order valence-electron chi connectivity index (χ1n) is 8.39. The Morgan fingerprint density at radius 2 is 2.12 bits per heavy atom. The minimum Gasteiger partial charge on any atom is -0.352 e. The van der Waals surface area contributed by atoms with Gasteiger partial charge in [0.15, 0.2) is 0 Å². The average molecular weight is 394 g/mol. The summed E-state index contributed by atoms with van der Waals surface area (Å²) in [6.07, 6.45) is 1.76. The third kappa shape index (κ3) is 4.92. The fourth-order valence-electron chi connectivity index (χ4n) is 2.85. The van der Waals surface area contributed by atoms with Gasteiger partial charge < -0.3 is 10.2 Å². The standard InChI is InChI=1S/C17H20ClN5O2S/c1-11(24)20-16-21-17(26-22-16)23-8-2-3-13(10-23)15(25)19-9-12-4-6-14(18)7-5-12/h4-7,13H,2-3,8-10H2,1H3,(H,19,25)(H,20,22,24). The molecule has 3 rings (SSSR count). The molecule has 0 radical (unpaired) electrons. The van der Waals surface area contributed by atoms with E-state index in [1.165, 1.54) is 18.5 Å². The number of hydrogen-bond donors (Lipinski definition) is 2. The average Bonchev–Trinajstić information content (AvgIpc) is 3.09. The van der Waals surface area contributed by atoms with Gasteiger partial charge in [0.2, 0.25) is 22.9 Å². The van der Waals surface area contributed by atoms with Gasteiger partial charge in [0, 0.05) is 43.1 Å². The zero-order valence-electron chi connectivity index (χ0n) is 14.4. The van der Waals surface area contributed by atoms with E-state index in [0.717, 1.165) is 30.1 Å². The van der Waals surface area contributed by atoms with Gasteiger partial charge in [0.25, 0.3) is 0 Å². The van der Waals surface area contributed by atoms with Crippen LogP contribution in [0.25, 0.3) is 0 Å². The monoisotopic (exact) mass is 393 g/mol. The van der Waals surface area contributed by atoms with E-state index >= 15 is 0 Å². The van der Waals surface area contributed by atoms with Gasteiger partial charge >= 0.3 is 0 Å². The number of carbonyl (C=O) groups excluding carboxylic acids is 2. The van der Waals surface area contributed by atoms with Crippen molar-refractivity contribution in [1.29, 1.82) is 0 Å². The van der Waals surface area contributed by atoms with Crippen LogP contribution in [0, 0.1) is 5.92 Å². The van der Waals surface area contributed by atoms with E-state index in [-0.39, 0.29) is 17.7 Å². The summed E-state index contributed by atoms with van der Waals surface area (Å²) >= 11 is 7.10. The van der Waals surface area contributed by atoms with Crippen LogP contribution in [0.4, 0.5) is 11.1 Å². The number of anilines is 2. The van der Waals surface area contributed by atoms with Gasteiger partial charge in [-0.25, -0.2) is 0 Å². The van der Waals surface area contributed by atoms with Crippen molar-refractivity contribution in [1.82, 2.24) is 14.7 Å². The van der Waals surface area contributed by atoms with Crippen LogP contribution in [0.2, 0.25) is 5.02 Å². The molecule has 26 heavy (non-hydrogen) atoms. The number of rotatable bonds is 5. The first-order valence-corrected chi connectivity index (χ1v) is 9.55. The first-order chi connectivity index (χ1) is 12.5. The molecule has 1 aliphatic rings. The van der Waals surface area contributed by atoms with Gasteiger partial charge in [-0.05, 0) is 30.5 Å². The molecule has 2 heterocycles. The Labute approximate surface area is 160 Å². The number of nitrogens with one attached hydrogen (secondary N) is 2. The number of amides is 2. The van der Waals surface area contributed by atoms with Crippen LogP contribution in [-0.4, -0.2) is 34.3 Å². The summed E-state index contributed by atoms with van der Waals surface area (Å²) in [6, 6.07) is 7.43. The Balaban J connectivity index is 1.55. The van der Waals surface area contributed by atoms with Crippen LogP contribution in [0.15, 0.2) is 24.3 Å². The van der Waals surface area contributed by atoms with E-state index in [1.54, 1.807) is 0 Å². The molecule has 2 N–H and O–H groups in total. The number of aromatic nitrogens is 2. The second-order valence-electron chi connectivity index (χ2n) is 6.21. The van der Waals surface area contributed by atoms with E-state index < -0.39 is 0 Å². The molecule has 0 saturated carbocycles. The lowest BCUT2D eigenvalue weighted by molar-refractivity contribution is -0.125. The van der Waals surface area contributed by atoms with Crippen molar-refractivity contribution in [2.75, 3.05) is 23.3 Å². The molecule has 0 bridgehead atoms. The summed E-state index contributed by atoms with van der Waals surface area (Å²) in [4.78, 5) is 30.0. The fraction of sp³-hybridized carbons (Fsp3) is 0.412. The number of piperidine rings is 1. The summed E-state index contributed by atoms with van der Waals surface area (Å²) in [5, 5.41) is 6.97. The third-order valence-corrected chi connectivity index (χ3v) is 5.17. The van der Waals surface area contributed by atoms with Crippen LogP contribution in [0.3, 0.4) is 0 Å². The fourth-order valence-corrected chi connectivity index (χ4v) is 3.64. The van der Waals surface area contributed by atoms with Crippen molar-refractivity contribution < 1.29 is 9.59 Å². The summed E-state index contributed by atoms with van der Waals surface area (Å²) in [5.41, 5.74) is 1.01. The molecule has 9 heteroatoms. The molecule has 1 aromatic carbocycles. The second-order valence-corrected chi connectivity index (χ2v) is 7.38. The lowest BCUT2D eigenvalue weighted by atomic mass is 9.97. The van der Waals surface area contributed by atoms with Crippen LogP contribution in [-0.2, 0) is 16.1 Å². The molecular weight excluding hydrogens is 374 g/mol. The highest BCUT2D eigenvalue weighted by Crippen LogP contribution is 2.26. The van der Waals surface area contributed by atoms with Crippen LogP contribution in [0.5, 0.6) is 0 Å². The molecule has 1 aliphatic heterocycles. The Morgan fingerprint density at radius 1 is 1.35 bits per heavy atom. The number of halogens is 1. The Hall–Kier alpha value is -2.19. The lowest BCUT2D eigenvalue weighted by Crippen LogP contribution is -2.43. The van der Waals surface area contributed by atoms with E-state index in [9.17, 15) is 9.59 Å². The normalized spacial score (nSPS) is 17.0. The van der Waals surface area contributed by atoms with Crippen molar-refractivity contribution in [3.8, 4) is 0 Å². The van der Waals surface area contributed by atoms with Gasteiger partial charge in [-0.1, -0.05) is 23.7 Å². The maximum atomic E-state index is 12.5. The molecule has 1 atom stereocenters. The minimum atomic E-state index is -0.201. The van der Waals surface area contributed by atoms with Gasteiger partial charge in [-0.2, -0.15) is 9.36 Å². The van der Waals surface area contributed by atoms with E-state index in [4.69, 9.17) is 11.6 Å². The molecule has 2 aromatic rings. The summed E-state index contributed by atoms with van der Waals surface area (Å²) < 4.78 is 4.13. The molecule has 1 saturated heterocycles. The molecule has 0 spiro atoms. The Morgan fingerprint density at radius 3 is 2.85 bits per heavy atom. The Kier molecular flexibility index (Phi) is 6.05. The van der Waals surface area contributed by atoms with Crippen LogP contribution >= 0.6 is 23.1 Å². The molecule has 2 amide bonds. The molecule has 1 unspecified atom stereocenters. The smallest absolute Gasteiger partial charge is 0.243 e. The summed E-state index contributed by atoms with van der Waals surface area (Å²) in [5.74, 6) is 0.0553. The second kappa shape index (κ2) is 8.46. The molecule has 138 valence electrons. The van der Waals surface area contributed by atoms with Crippen molar-refractivity contribution >= 4 is 46.0 Å². The largest absolute Gasteiger partial charge is 0.352 e. The summed E-state index contributed by atoms with van der Waals surface area (Å²) in [6.45, 7) is 3.33. The van der Waals surface area contributed by atoms with Crippen molar-refractivity contribution in [3.05, 3.63) is 34.9 Å². The third-order valence-electron chi connectivity index (χ3n) is 4.15. The first kappa shape index (κ1) is 18.6. The van der Waals surface area contributed by atoms with Gasteiger partial charge in [0.05, 0.1) is 5.92 Å². The highest BCUT2D eigenvalue weighted by Gasteiger charge is 2.27. The van der Waals surface area contributed by atoms with Crippen molar-refractivity contribution in [2.45, 2.75) is 26.3 Å². The number of hydrogen-bond acceptors (Lipinski definition) is 6. The number of benzene rings is 1. The van der Waals surface area contributed by atoms with E-state index in [1.807, 2.05) is 24.3 Å². The van der Waals surface area contributed by atoms with Crippen LogP contribution < -0.4 is 15.5 Å². The van der Waals surface area contributed by atoms with E-state index in [2.05, 4.69) is 24.9 Å². The van der Waals surface area contributed by atoms with E-state index in [0.29, 0.717) is 24.1 Å². The highest BCUT2D eigenvalue weighted by molar-refractivity contribution is 7.09. The van der Waals surface area contributed by atoms with Crippen LogP contribution in [0.1, 0.15) is 25.3 Å².